The van der Waals surface area contributed by atoms with Crippen molar-refractivity contribution in [3.05, 3.63) is 57.6 Å². The lowest BCUT2D eigenvalue weighted by Gasteiger charge is -2.27. The number of aliphatic hydroxyl groups is 2. The van der Waals surface area contributed by atoms with E-state index in [0.29, 0.717) is 40.5 Å². The Labute approximate surface area is 180 Å². The third-order valence-corrected chi connectivity index (χ3v) is 5.30. The molecule has 2 N–H and O–H groups in total. The molecule has 0 aliphatic rings. The molecule has 0 fully saturated rings. The Balaban J connectivity index is 2.19. The lowest BCUT2D eigenvalue weighted by Crippen LogP contribution is -2.21. The molecule has 2 aromatic carbocycles. The SMILES string of the molecule is CC(C)(c1ccc(OC[C@@H](O)CO)cc1)c1cc(Cl)c(OCCCCl)c(Cl)c1. The third-order valence-electron chi connectivity index (χ3n) is 4.47. The molecule has 0 saturated heterocycles. The van der Waals surface area contributed by atoms with Crippen molar-refractivity contribution < 1.29 is 19.7 Å². The van der Waals surface area contributed by atoms with Gasteiger partial charge in [0, 0.05) is 11.3 Å². The maximum atomic E-state index is 9.38. The van der Waals surface area contributed by atoms with E-state index in [0.717, 1.165) is 11.1 Å². The van der Waals surface area contributed by atoms with Crippen LogP contribution in [0.3, 0.4) is 0 Å². The molecule has 0 heterocycles. The Bertz CT molecular complexity index is 740. The van der Waals surface area contributed by atoms with Crippen LogP contribution in [0.1, 0.15) is 31.4 Å². The number of halogens is 3. The molecule has 0 amide bonds. The van der Waals surface area contributed by atoms with Gasteiger partial charge in [-0.3, -0.25) is 0 Å². The van der Waals surface area contributed by atoms with E-state index in [1.807, 2.05) is 36.4 Å². The zero-order valence-electron chi connectivity index (χ0n) is 15.9. The number of ether oxygens (including phenoxy) is 2. The summed E-state index contributed by atoms with van der Waals surface area (Å²) in [7, 11) is 0. The van der Waals surface area contributed by atoms with E-state index in [-0.39, 0.29) is 18.6 Å². The standard InChI is InChI=1S/C21H25Cl3O4/c1-21(2,14-4-6-17(7-5-14)28-13-16(26)12-25)15-10-18(23)20(19(24)11-15)27-9-3-8-22/h4-7,10-11,16,25-26H,3,8-9,12-13H2,1-2H3/t16-/m0/s1. The summed E-state index contributed by atoms with van der Waals surface area (Å²) in [6, 6.07) is 11.3. The maximum absolute atomic E-state index is 9.38. The number of aliphatic hydroxyl groups excluding tert-OH is 2. The second-order valence-corrected chi connectivity index (χ2v) is 8.15. The summed E-state index contributed by atoms with van der Waals surface area (Å²) in [5.74, 6) is 1.60. The highest BCUT2D eigenvalue weighted by atomic mass is 35.5. The highest BCUT2D eigenvalue weighted by Gasteiger charge is 2.25. The van der Waals surface area contributed by atoms with Crippen LogP contribution in [0.2, 0.25) is 10.0 Å². The molecule has 2 rings (SSSR count). The van der Waals surface area contributed by atoms with Crippen molar-refractivity contribution in [1.29, 1.82) is 0 Å². The third kappa shape index (κ3) is 5.91. The van der Waals surface area contributed by atoms with Gasteiger partial charge in [0.05, 0.1) is 23.3 Å². The minimum atomic E-state index is -0.898. The fourth-order valence-corrected chi connectivity index (χ4v) is 3.37. The molecule has 2 aromatic rings. The van der Waals surface area contributed by atoms with Gasteiger partial charge in [-0.2, -0.15) is 0 Å². The lowest BCUT2D eigenvalue weighted by molar-refractivity contribution is 0.0536. The molecule has 0 spiro atoms. The Kier molecular flexibility index (Phi) is 8.72. The summed E-state index contributed by atoms with van der Waals surface area (Å²) in [5.41, 5.74) is 1.65. The Morgan fingerprint density at radius 3 is 2.14 bits per heavy atom. The van der Waals surface area contributed by atoms with Crippen LogP contribution in [0.15, 0.2) is 36.4 Å². The first kappa shape index (κ1) is 23.1. The average molecular weight is 448 g/mol. The second kappa shape index (κ2) is 10.6. The first-order valence-electron chi connectivity index (χ1n) is 9.00. The Morgan fingerprint density at radius 1 is 1.00 bits per heavy atom. The van der Waals surface area contributed by atoms with Crippen molar-refractivity contribution in [1.82, 2.24) is 0 Å². The first-order chi connectivity index (χ1) is 13.3. The molecule has 4 nitrogen and oxygen atoms in total. The van der Waals surface area contributed by atoms with Gasteiger partial charge < -0.3 is 19.7 Å². The van der Waals surface area contributed by atoms with Gasteiger partial charge in [0.25, 0.3) is 0 Å². The number of alkyl halides is 1. The van der Waals surface area contributed by atoms with Gasteiger partial charge in [0.15, 0.2) is 5.75 Å². The first-order valence-corrected chi connectivity index (χ1v) is 10.3. The number of hydrogen-bond acceptors (Lipinski definition) is 4. The molecule has 7 heteroatoms. The van der Waals surface area contributed by atoms with Crippen LogP contribution in [0, 0.1) is 0 Å². The van der Waals surface area contributed by atoms with Crippen molar-refractivity contribution in [3.63, 3.8) is 0 Å². The van der Waals surface area contributed by atoms with Gasteiger partial charge in [0.2, 0.25) is 0 Å². The van der Waals surface area contributed by atoms with Crippen LogP contribution in [0.25, 0.3) is 0 Å². The Hall–Kier alpha value is -1.17. The largest absolute Gasteiger partial charge is 0.491 e. The predicted molar refractivity (Wildman–Crippen MR) is 114 cm³/mol. The summed E-state index contributed by atoms with van der Waals surface area (Å²) in [6.45, 7) is 4.31. The molecule has 0 aliphatic heterocycles. The number of hydrogen-bond donors (Lipinski definition) is 2. The van der Waals surface area contributed by atoms with Gasteiger partial charge >= 0.3 is 0 Å². The zero-order chi connectivity index (χ0) is 20.7. The van der Waals surface area contributed by atoms with Crippen molar-refractivity contribution in [2.75, 3.05) is 25.7 Å². The summed E-state index contributed by atoms with van der Waals surface area (Å²) in [5, 5.41) is 19.1. The molecule has 0 aromatic heterocycles. The molecule has 1 atom stereocenters. The molecule has 0 radical (unpaired) electrons. The smallest absolute Gasteiger partial charge is 0.156 e. The van der Waals surface area contributed by atoms with E-state index >= 15 is 0 Å². The molecule has 0 saturated carbocycles. The zero-order valence-corrected chi connectivity index (χ0v) is 18.2. The molecule has 0 bridgehead atoms. The minimum Gasteiger partial charge on any atom is -0.491 e. The van der Waals surface area contributed by atoms with Crippen LogP contribution in [-0.2, 0) is 5.41 Å². The van der Waals surface area contributed by atoms with E-state index in [9.17, 15) is 5.11 Å². The molecule has 28 heavy (non-hydrogen) atoms. The summed E-state index contributed by atoms with van der Waals surface area (Å²) < 4.78 is 11.1. The highest BCUT2D eigenvalue weighted by molar-refractivity contribution is 6.37. The van der Waals surface area contributed by atoms with Crippen molar-refractivity contribution in [3.8, 4) is 11.5 Å². The molecule has 154 valence electrons. The fraction of sp³-hybridized carbons (Fsp3) is 0.429. The van der Waals surface area contributed by atoms with Gasteiger partial charge in [-0.1, -0.05) is 49.2 Å². The Morgan fingerprint density at radius 2 is 1.61 bits per heavy atom. The summed E-state index contributed by atoms with van der Waals surface area (Å²) in [4.78, 5) is 0. The molecule has 0 aliphatic carbocycles. The summed E-state index contributed by atoms with van der Waals surface area (Å²) in [6.07, 6.45) is -0.184. The van der Waals surface area contributed by atoms with E-state index < -0.39 is 6.10 Å². The van der Waals surface area contributed by atoms with Gasteiger partial charge in [-0.15, -0.1) is 11.6 Å². The van der Waals surface area contributed by atoms with E-state index in [1.165, 1.54) is 0 Å². The predicted octanol–water partition coefficient (Wildman–Crippen LogP) is 5.06. The topological polar surface area (TPSA) is 58.9 Å². The van der Waals surface area contributed by atoms with E-state index in [4.69, 9.17) is 49.4 Å². The lowest BCUT2D eigenvalue weighted by atomic mass is 9.78. The van der Waals surface area contributed by atoms with Gasteiger partial charge in [0.1, 0.15) is 18.5 Å². The second-order valence-electron chi connectivity index (χ2n) is 6.96. The molecular formula is C21H25Cl3O4. The van der Waals surface area contributed by atoms with E-state index in [2.05, 4.69) is 13.8 Å². The molecular weight excluding hydrogens is 423 g/mol. The van der Waals surface area contributed by atoms with Crippen molar-refractivity contribution >= 4 is 34.8 Å². The van der Waals surface area contributed by atoms with Crippen LogP contribution in [0.5, 0.6) is 11.5 Å². The quantitative estimate of drug-likeness (QED) is 0.395. The van der Waals surface area contributed by atoms with Gasteiger partial charge in [-0.25, -0.2) is 0 Å². The monoisotopic (exact) mass is 446 g/mol. The summed E-state index contributed by atoms with van der Waals surface area (Å²) >= 11 is 18.5. The normalized spacial score (nSPS) is 12.7. The van der Waals surface area contributed by atoms with Gasteiger partial charge in [-0.05, 0) is 41.8 Å². The van der Waals surface area contributed by atoms with E-state index in [1.54, 1.807) is 0 Å². The fourth-order valence-electron chi connectivity index (χ4n) is 2.67. The number of benzene rings is 2. The molecule has 0 unspecified atom stereocenters. The maximum Gasteiger partial charge on any atom is 0.156 e. The highest BCUT2D eigenvalue weighted by Crippen LogP contribution is 2.40. The minimum absolute atomic E-state index is 0.0373. The van der Waals surface area contributed by atoms with Crippen molar-refractivity contribution in [2.45, 2.75) is 31.8 Å². The van der Waals surface area contributed by atoms with Crippen LogP contribution < -0.4 is 9.47 Å². The average Bonchev–Trinajstić information content (AvgIpc) is 2.68. The van der Waals surface area contributed by atoms with Crippen LogP contribution >= 0.6 is 34.8 Å². The van der Waals surface area contributed by atoms with Crippen LogP contribution in [0.4, 0.5) is 0 Å². The number of rotatable bonds is 10. The van der Waals surface area contributed by atoms with Crippen LogP contribution in [-0.4, -0.2) is 42.0 Å². The van der Waals surface area contributed by atoms with Crippen molar-refractivity contribution in [2.24, 2.45) is 0 Å².